The highest BCUT2D eigenvalue weighted by atomic mass is 16.5. The summed E-state index contributed by atoms with van der Waals surface area (Å²) in [5.74, 6) is 0.356. The van der Waals surface area contributed by atoms with Gasteiger partial charge in [-0.15, -0.1) is 0 Å². The minimum absolute atomic E-state index is 0.0174. The monoisotopic (exact) mass is 337 g/mol. The molecular formula is C21H23NO3. The van der Waals surface area contributed by atoms with Gasteiger partial charge in [-0.25, -0.2) is 0 Å². The molecule has 0 fully saturated rings. The molecule has 3 rings (SSSR count). The topological polar surface area (TPSA) is 62.3 Å². The number of carbonyl (C=O) groups is 1. The van der Waals surface area contributed by atoms with E-state index < -0.39 is 5.97 Å². The largest absolute Gasteiger partial charge is 0.497 e. The van der Waals surface area contributed by atoms with Crippen LogP contribution < -0.4 is 4.74 Å². The van der Waals surface area contributed by atoms with Gasteiger partial charge in [-0.1, -0.05) is 32.0 Å². The van der Waals surface area contributed by atoms with Crippen LogP contribution in [0.15, 0.2) is 42.5 Å². The summed E-state index contributed by atoms with van der Waals surface area (Å²) in [6, 6.07) is 14.0. The van der Waals surface area contributed by atoms with Crippen LogP contribution in [0.1, 0.15) is 37.3 Å². The van der Waals surface area contributed by atoms with Crippen molar-refractivity contribution in [3.8, 4) is 17.0 Å². The second-order valence-corrected chi connectivity index (χ2v) is 6.40. The minimum Gasteiger partial charge on any atom is -0.497 e. The number of carboxylic acids is 1. The van der Waals surface area contributed by atoms with Crippen molar-refractivity contribution in [2.75, 3.05) is 7.11 Å². The molecule has 0 aliphatic carbocycles. The molecule has 2 aromatic carbocycles. The Labute approximate surface area is 147 Å². The molecule has 1 heterocycles. The van der Waals surface area contributed by atoms with Crippen LogP contribution in [0.3, 0.4) is 0 Å². The number of benzene rings is 2. The average molecular weight is 337 g/mol. The zero-order chi connectivity index (χ0) is 18.0. The van der Waals surface area contributed by atoms with Gasteiger partial charge in [0.25, 0.3) is 0 Å². The predicted octanol–water partition coefficient (Wildman–Crippen LogP) is 4.98. The normalized spacial score (nSPS) is 12.3. The Morgan fingerprint density at radius 1 is 1.24 bits per heavy atom. The Bertz CT molecular complexity index is 911. The van der Waals surface area contributed by atoms with Crippen LogP contribution in [0.5, 0.6) is 5.75 Å². The number of aromatic amines is 1. The lowest BCUT2D eigenvalue weighted by Gasteiger charge is -2.09. The van der Waals surface area contributed by atoms with E-state index in [9.17, 15) is 9.90 Å². The van der Waals surface area contributed by atoms with E-state index in [4.69, 9.17) is 4.74 Å². The van der Waals surface area contributed by atoms with Gasteiger partial charge in [0.15, 0.2) is 0 Å². The Kier molecular flexibility index (Phi) is 4.79. The molecule has 1 unspecified atom stereocenters. The van der Waals surface area contributed by atoms with E-state index >= 15 is 0 Å². The van der Waals surface area contributed by atoms with Gasteiger partial charge in [0.1, 0.15) is 5.75 Å². The first-order valence-corrected chi connectivity index (χ1v) is 8.54. The molecule has 2 N–H and O–H groups in total. The number of aliphatic carboxylic acids is 1. The highest BCUT2D eigenvalue weighted by Gasteiger charge is 2.17. The first kappa shape index (κ1) is 17.1. The van der Waals surface area contributed by atoms with Gasteiger partial charge in [-0.2, -0.15) is 0 Å². The number of rotatable bonds is 6. The van der Waals surface area contributed by atoms with Gasteiger partial charge in [0.05, 0.1) is 19.2 Å². The van der Waals surface area contributed by atoms with Crippen LogP contribution in [0.25, 0.3) is 22.2 Å². The molecule has 0 aliphatic rings. The molecule has 3 aromatic rings. The molecule has 0 amide bonds. The van der Waals surface area contributed by atoms with E-state index in [1.165, 1.54) is 5.56 Å². The molecule has 4 heteroatoms. The summed E-state index contributed by atoms with van der Waals surface area (Å²) < 4.78 is 5.31. The summed E-state index contributed by atoms with van der Waals surface area (Å²) in [4.78, 5) is 14.9. The summed E-state index contributed by atoms with van der Waals surface area (Å²) in [6.45, 7) is 4.35. The molecule has 0 spiro atoms. The van der Waals surface area contributed by atoms with Gasteiger partial charge >= 0.3 is 5.97 Å². The summed E-state index contributed by atoms with van der Waals surface area (Å²) >= 11 is 0. The zero-order valence-corrected chi connectivity index (χ0v) is 14.8. The van der Waals surface area contributed by atoms with Crippen LogP contribution in [-0.4, -0.2) is 23.2 Å². The lowest BCUT2D eigenvalue weighted by atomic mass is 9.95. The standard InChI is InChI=1S/C21H23NO3/c1-4-13(2)14-8-9-19-17(11-14)18(12-20(23)24)21(22-19)15-6-5-7-16(10-15)25-3/h5-11,13,22H,4,12H2,1-3H3,(H,23,24). The van der Waals surface area contributed by atoms with E-state index in [-0.39, 0.29) is 6.42 Å². The number of ether oxygens (including phenoxy) is 1. The van der Waals surface area contributed by atoms with Crippen molar-refractivity contribution in [3.05, 3.63) is 53.6 Å². The molecule has 1 aromatic heterocycles. The quantitative estimate of drug-likeness (QED) is 0.666. The van der Waals surface area contributed by atoms with Gasteiger partial charge in [-0.05, 0) is 47.7 Å². The van der Waals surface area contributed by atoms with Crippen LogP contribution in [0, 0.1) is 0 Å². The fraction of sp³-hybridized carbons (Fsp3) is 0.286. The molecule has 0 bridgehead atoms. The van der Waals surface area contributed by atoms with Crippen LogP contribution in [0.2, 0.25) is 0 Å². The lowest BCUT2D eigenvalue weighted by molar-refractivity contribution is -0.136. The number of carboxylic acid groups (broad SMARTS) is 1. The highest BCUT2D eigenvalue weighted by Crippen LogP contribution is 2.34. The first-order valence-electron chi connectivity index (χ1n) is 8.54. The van der Waals surface area contributed by atoms with E-state index in [2.05, 4.69) is 31.0 Å². The van der Waals surface area contributed by atoms with Crippen LogP contribution >= 0.6 is 0 Å². The van der Waals surface area contributed by atoms with Crippen molar-refractivity contribution >= 4 is 16.9 Å². The molecule has 0 aliphatic heterocycles. The van der Waals surface area contributed by atoms with E-state index in [0.717, 1.165) is 39.9 Å². The van der Waals surface area contributed by atoms with Crippen LogP contribution in [-0.2, 0) is 11.2 Å². The average Bonchev–Trinajstić information content (AvgIpc) is 2.98. The summed E-state index contributed by atoms with van der Waals surface area (Å²) in [5.41, 5.74) is 4.79. The summed E-state index contributed by atoms with van der Waals surface area (Å²) in [7, 11) is 1.63. The maximum atomic E-state index is 11.5. The smallest absolute Gasteiger partial charge is 0.307 e. The van der Waals surface area contributed by atoms with Crippen molar-refractivity contribution in [3.63, 3.8) is 0 Å². The molecular weight excluding hydrogens is 314 g/mol. The van der Waals surface area contributed by atoms with Gasteiger partial charge in [0.2, 0.25) is 0 Å². The fourth-order valence-electron chi connectivity index (χ4n) is 3.17. The van der Waals surface area contributed by atoms with Gasteiger partial charge < -0.3 is 14.8 Å². The number of H-pyrrole nitrogens is 1. The molecule has 130 valence electrons. The number of fused-ring (bicyclic) bond motifs is 1. The number of hydrogen-bond donors (Lipinski definition) is 2. The van der Waals surface area contributed by atoms with Crippen LogP contribution in [0.4, 0.5) is 0 Å². The molecule has 0 saturated carbocycles. The molecule has 25 heavy (non-hydrogen) atoms. The lowest BCUT2D eigenvalue weighted by Crippen LogP contribution is -2.01. The molecule has 1 atom stereocenters. The number of aromatic nitrogens is 1. The maximum Gasteiger partial charge on any atom is 0.307 e. The Morgan fingerprint density at radius 2 is 2.04 bits per heavy atom. The van der Waals surface area contributed by atoms with Crippen molar-refractivity contribution in [1.82, 2.24) is 4.98 Å². The summed E-state index contributed by atoms with van der Waals surface area (Å²) in [5, 5.41) is 10.4. The maximum absolute atomic E-state index is 11.5. The van der Waals surface area contributed by atoms with Crippen molar-refractivity contribution < 1.29 is 14.6 Å². The SMILES string of the molecule is CCC(C)c1ccc2[nH]c(-c3cccc(OC)c3)c(CC(=O)O)c2c1. The second-order valence-electron chi connectivity index (χ2n) is 6.40. The Morgan fingerprint density at radius 3 is 2.72 bits per heavy atom. The van der Waals surface area contributed by atoms with E-state index in [1.807, 2.05) is 30.3 Å². The number of nitrogens with one attached hydrogen (secondary N) is 1. The third-order valence-corrected chi connectivity index (χ3v) is 4.80. The van der Waals surface area contributed by atoms with Crippen molar-refractivity contribution in [2.45, 2.75) is 32.6 Å². The van der Waals surface area contributed by atoms with Crippen molar-refractivity contribution in [1.29, 1.82) is 0 Å². The Hall–Kier alpha value is -2.75. The summed E-state index contributed by atoms with van der Waals surface area (Å²) in [6.07, 6.45) is 1.03. The zero-order valence-electron chi connectivity index (χ0n) is 14.8. The van der Waals surface area contributed by atoms with Gasteiger partial charge in [0, 0.05) is 16.5 Å². The highest BCUT2D eigenvalue weighted by molar-refractivity contribution is 5.94. The third kappa shape index (κ3) is 3.38. The van der Waals surface area contributed by atoms with E-state index in [1.54, 1.807) is 7.11 Å². The molecule has 4 nitrogen and oxygen atoms in total. The second kappa shape index (κ2) is 7.01. The third-order valence-electron chi connectivity index (χ3n) is 4.80. The number of hydrogen-bond acceptors (Lipinski definition) is 2. The van der Waals surface area contributed by atoms with Crippen molar-refractivity contribution in [2.24, 2.45) is 0 Å². The molecule has 0 radical (unpaired) electrons. The van der Waals surface area contributed by atoms with E-state index in [0.29, 0.717) is 5.92 Å². The molecule has 0 saturated heterocycles. The fourth-order valence-corrected chi connectivity index (χ4v) is 3.17. The number of methoxy groups -OCH3 is 1. The van der Waals surface area contributed by atoms with Gasteiger partial charge in [-0.3, -0.25) is 4.79 Å². The Balaban J connectivity index is 2.21. The minimum atomic E-state index is -0.834. The predicted molar refractivity (Wildman–Crippen MR) is 100 cm³/mol. The first-order chi connectivity index (χ1) is 12.0.